The van der Waals surface area contributed by atoms with Gasteiger partial charge in [-0.25, -0.2) is 0 Å². The summed E-state index contributed by atoms with van der Waals surface area (Å²) in [7, 11) is -1.93. The van der Waals surface area contributed by atoms with Crippen molar-refractivity contribution < 1.29 is 18.6 Å². The quantitative estimate of drug-likeness (QED) is 0.305. The summed E-state index contributed by atoms with van der Waals surface area (Å²) in [6.07, 6.45) is 2.45. The second-order valence-electron chi connectivity index (χ2n) is 6.17. The van der Waals surface area contributed by atoms with Crippen molar-refractivity contribution in [2.75, 3.05) is 6.61 Å². The summed E-state index contributed by atoms with van der Waals surface area (Å²) in [4.78, 5) is 12.2. The lowest BCUT2D eigenvalue weighted by Gasteiger charge is -2.08. The molecule has 1 unspecified atom stereocenters. The van der Waals surface area contributed by atoms with E-state index in [2.05, 4.69) is 6.92 Å². The van der Waals surface area contributed by atoms with Gasteiger partial charge in [0.15, 0.2) is 0 Å². The van der Waals surface area contributed by atoms with Gasteiger partial charge < -0.3 is 4.74 Å². The van der Waals surface area contributed by atoms with Crippen LogP contribution in [0.15, 0.2) is 60.7 Å². The fourth-order valence-corrected chi connectivity index (χ4v) is 3.68. The second kappa shape index (κ2) is 11.6. The van der Waals surface area contributed by atoms with Crippen molar-refractivity contribution >= 4 is 14.0 Å². The van der Waals surface area contributed by atoms with Crippen LogP contribution in [0, 0.1) is 0 Å². The zero-order valence-electron chi connectivity index (χ0n) is 15.2. The molecule has 0 saturated heterocycles. The Bertz CT molecular complexity index is 673. The SMILES string of the molecule is CCCCO[P+](=O)[C@@H](CC(=O)OCc1ccccc1)Cc1ccccc1. The molecular formula is C21H26O4P+. The third kappa shape index (κ3) is 7.47. The molecule has 2 aromatic carbocycles. The first-order valence-corrected chi connectivity index (χ1v) is 10.3. The van der Waals surface area contributed by atoms with E-state index in [4.69, 9.17) is 9.26 Å². The lowest BCUT2D eigenvalue weighted by molar-refractivity contribution is -0.145. The van der Waals surface area contributed by atoms with Crippen molar-refractivity contribution in [1.82, 2.24) is 0 Å². The summed E-state index contributed by atoms with van der Waals surface area (Å²) in [6.45, 7) is 2.74. The average molecular weight is 373 g/mol. The molecule has 0 amide bonds. The van der Waals surface area contributed by atoms with E-state index in [0.717, 1.165) is 24.0 Å². The zero-order chi connectivity index (χ0) is 18.6. The van der Waals surface area contributed by atoms with Crippen molar-refractivity contribution in [3.63, 3.8) is 0 Å². The third-order valence-corrected chi connectivity index (χ3v) is 5.37. The van der Waals surface area contributed by atoms with Crippen LogP contribution < -0.4 is 0 Å². The highest BCUT2D eigenvalue weighted by atomic mass is 31.1. The van der Waals surface area contributed by atoms with Crippen LogP contribution in [0.3, 0.4) is 0 Å². The first-order valence-electron chi connectivity index (χ1n) is 9.01. The van der Waals surface area contributed by atoms with Gasteiger partial charge >= 0.3 is 14.0 Å². The first-order chi connectivity index (χ1) is 12.7. The molecule has 0 aromatic heterocycles. The lowest BCUT2D eigenvalue weighted by atomic mass is 10.1. The summed E-state index contributed by atoms with van der Waals surface area (Å²) in [5.74, 6) is -0.350. The van der Waals surface area contributed by atoms with Gasteiger partial charge in [-0.3, -0.25) is 4.79 Å². The Kier molecular flexibility index (Phi) is 9.02. The van der Waals surface area contributed by atoms with E-state index in [-0.39, 0.29) is 24.7 Å². The Morgan fingerprint density at radius 1 is 1.00 bits per heavy atom. The van der Waals surface area contributed by atoms with Gasteiger partial charge in [-0.05, 0) is 22.1 Å². The molecule has 2 rings (SSSR count). The molecule has 26 heavy (non-hydrogen) atoms. The third-order valence-electron chi connectivity index (χ3n) is 3.97. The molecule has 0 bridgehead atoms. The first kappa shape index (κ1) is 20.3. The van der Waals surface area contributed by atoms with Crippen LogP contribution in [0.4, 0.5) is 0 Å². The van der Waals surface area contributed by atoms with Crippen LogP contribution in [0.5, 0.6) is 0 Å². The maximum absolute atomic E-state index is 12.6. The Morgan fingerprint density at radius 3 is 2.23 bits per heavy atom. The maximum Gasteiger partial charge on any atom is 0.512 e. The normalized spacial score (nSPS) is 12.4. The fraction of sp³-hybridized carbons (Fsp3) is 0.381. The number of ether oxygens (including phenoxy) is 1. The smallest absolute Gasteiger partial charge is 0.461 e. The van der Waals surface area contributed by atoms with Crippen molar-refractivity contribution in [3.8, 4) is 0 Å². The molecule has 2 atom stereocenters. The molecule has 5 heteroatoms. The van der Waals surface area contributed by atoms with E-state index in [0.29, 0.717) is 13.0 Å². The van der Waals surface area contributed by atoms with Crippen LogP contribution in [-0.4, -0.2) is 18.2 Å². The number of hydrogen-bond donors (Lipinski definition) is 0. The summed E-state index contributed by atoms with van der Waals surface area (Å²) in [6, 6.07) is 19.3. The summed E-state index contributed by atoms with van der Waals surface area (Å²) < 4.78 is 23.4. The van der Waals surface area contributed by atoms with Gasteiger partial charge in [-0.2, -0.15) is 0 Å². The Balaban J connectivity index is 1.93. The van der Waals surface area contributed by atoms with E-state index in [1.165, 1.54) is 0 Å². The number of carbonyl (C=O) groups is 1. The van der Waals surface area contributed by atoms with Gasteiger partial charge in [0.1, 0.15) is 13.2 Å². The summed E-state index contributed by atoms with van der Waals surface area (Å²) in [5, 5.41) is 0. The largest absolute Gasteiger partial charge is 0.512 e. The molecule has 2 aromatic rings. The molecule has 138 valence electrons. The predicted octanol–water partition coefficient (Wildman–Crippen LogP) is 5.29. The Labute approximate surface area is 156 Å². The van der Waals surface area contributed by atoms with Crippen molar-refractivity contribution in [1.29, 1.82) is 0 Å². The zero-order valence-corrected chi connectivity index (χ0v) is 16.1. The van der Waals surface area contributed by atoms with E-state index in [1.807, 2.05) is 60.7 Å². The molecule has 0 radical (unpaired) electrons. The number of benzene rings is 2. The second-order valence-corrected chi connectivity index (χ2v) is 7.73. The fourth-order valence-electron chi connectivity index (χ4n) is 2.50. The van der Waals surface area contributed by atoms with Crippen molar-refractivity contribution in [3.05, 3.63) is 71.8 Å². The van der Waals surface area contributed by atoms with E-state index in [1.54, 1.807) is 0 Å². The molecule has 0 saturated carbocycles. The van der Waals surface area contributed by atoms with Gasteiger partial charge in [-0.15, -0.1) is 4.52 Å². The van der Waals surface area contributed by atoms with Crippen LogP contribution in [0.1, 0.15) is 37.3 Å². The number of unbranched alkanes of at least 4 members (excludes halogenated alkanes) is 1. The average Bonchev–Trinajstić information content (AvgIpc) is 2.67. The molecule has 4 nitrogen and oxygen atoms in total. The Morgan fingerprint density at radius 2 is 1.62 bits per heavy atom. The van der Waals surface area contributed by atoms with E-state index >= 15 is 0 Å². The van der Waals surface area contributed by atoms with Crippen molar-refractivity contribution in [2.24, 2.45) is 0 Å². The monoisotopic (exact) mass is 373 g/mol. The minimum absolute atomic E-state index is 0.0864. The van der Waals surface area contributed by atoms with Gasteiger partial charge in [0.05, 0.1) is 6.42 Å². The standard InChI is InChI=1S/C21H26O4P/c1-2-3-14-25-26(23)20(15-18-10-6-4-7-11-18)16-21(22)24-17-19-12-8-5-9-13-19/h4-13,20H,2-3,14-17H2,1H3/q+1/t20-/m1/s1. The van der Waals surface area contributed by atoms with Crippen LogP contribution in [0.25, 0.3) is 0 Å². The highest BCUT2D eigenvalue weighted by Crippen LogP contribution is 2.35. The maximum atomic E-state index is 12.6. The van der Waals surface area contributed by atoms with Crippen LogP contribution >= 0.6 is 8.03 Å². The number of hydrogen-bond acceptors (Lipinski definition) is 4. The number of esters is 1. The topological polar surface area (TPSA) is 52.6 Å². The molecule has 0 spiro atoms. The van der Waals surface area contributed by atoms with E-state index < -0.39 is 8.03 Å². The highest BCUT2D eigenvalue weighted by molar-refractivity contribution is 7.40. The molecular weight excluding hydrogens is 347 g/mol. The molecule has 0 fully saturated rings. The van der Waals surface area contributed by atoms with Crippen molar-refractivity contribution in [2.45, 2.75) is 44.9 Å². The van der Waals surface area contributed by atoms with Gasteiger partial charge in [0, 0.05) is 6.42 Å². The van der Waals surface area contributed by atoms with E-state index in [9.17, 15) is 9.36 Å². The molecule has 0 aliphatic carbocycles. The molecule has 0 aliphatic rings. The minimum Gasteiger partial charge on any atom is -0.461 e. The van der Waals surface area contributed by atoms with Gasteiger partial charge in [0.25, 0.3) is 0 Å². The predicted molar refractivity (Wildman–Crippen MR) is 103 cm³/mol. The Hall–Kier alpha value is -2.03. The van der Waals surface area contributed by atoms with Gasteiger partial charge in [-0.1, -0.05) is 74.0 Å². The minimum atomic E-state index is -1.93. The molecule has 0 N–H and O–H groups in total. The van der Waals surface area contributed by atoms with Crippen LogP contribution in [0.2, 0.25) is 0 Å². The lowest BCUT2D eigenvalue weighted by Crippen LogP contribution is -2.16. The molecule has 0 aliphatic heterocycles. The van der Waals surface area contributed by atoms with Crippen LogP contribution in [-0.2, 0) is 31.6 Å². The highest BCUT2D eigenvalue weighted by Gasteiger charge is 2.35. The summed E-state index contributed by atoms with van der Waals surface area (Å²) in [5.41, 5.74) is 1.59. The summed E-state index contributed by atoms with van der Waals surface area (Å²) >= 11 is 0. The number of rotatable bonds is 11. The van der Waals surface area contributed by atoms with Gasteiger partial charge in [0.2, 0.25) is 5.66 Å². The molecule has 0 heterocycles. The number of carbonyl (C=O) groups excluding carboxylic acids is 1.